The maximum absolute atomic E-state index is 12.1. The number of fused-ring (bicyclic) bond motifs is 2. The summed E-state index contributed by atoms with van der Waals surface area (Å²) < 4.78 is 5.44. The molecule has 2 unspecified atom stereocenters. The van der Waals surface area contributed by atoms with E-state index in [9.17, 15) is 4.79 Å². The van der Waals surface area contributed by atoms with Crippen molar-refractivity contribution in [1.82, 2.24) is 10.2 Å². The standard InChI is InChI=1S/C14H26N2O2/c1-14(2,3)18-13(17)16(4)12-8-10-6-5-7-11(9-12)15-10/h10-12,15H,5-9H2,1-4H3. The van der Waals surface area contributed by atoms with Crippen molar-refractivity contribution in [1.29, 1.82) is 0 Å². The zero-order valence-corrected chi connectivity index (χ0v) is 12.0. The van der Waals surface area contributed by atoms with E-state index in [1.54, 1.807) is 4.90 Å². The highest BCUT2D eigenvalue weighted by molar-refractivity contribution is 5.68. The molecule has 0 aromatic rings. The molecule has 0 spiro atoms. The molecule has 2 aliphatic rings. The van der Waals surface area contributed by atoms with Crippen molar-refractivity contribution < 1.29 is 9.53 Å². The van der Waals surface area contributed by atoms with Crippen molar-refractivity contribution in [2.24, 2.45) is 0 Å². The molecule has 18 heavy (non-hydrogen) atoms. The Labute approximate surface area is 110 Å². The Balaban J connectivity index is 1.92. The lowest BCUT2D eigenvalue weighted by Crippen LogP contribution is -2.55. The highest BCUT2D eigenvalue weighted by atomic mass is 16.6. The van der Waals surface area contributed by atoms with Gasteiger partial charge in [0.2, 0.25) is 0 Å². The zero-order valence-electron chi connectivity index (χ0n) is 12.0. The van der Waals surface area contributed by atoms with Crippen molar-refractivity contribution in [2.75, 3.05) is 7.05 Å². The van der Waals surface area contributed by atoms with Gasteiger partial charge in [0.1, 0.15) is 5.60 Å². The van der Waals surface area contributed by atoms with E-state index in [1.807, 2.05) is 27.8 Å². The van der Waals surface area contributed by atoms with Crippen molar-refractivity contribution >= 4 is 6.09 Å². The highest BCUT2D eigenvalue weighted by Gasteiger charge is 2.35. The number of hydrogen-bond donors (Lipinski definition) is 1. The van der Waals surface area contributed by atoms with E-state index in [-0.39, 0.29) is 6.09 Å². The SMILES string of the molecule is CN(C(=O)OC(C)(C)C)C1CC2CCCC(C1)N2. The molecule has 0 aromatic heterocycles. The van der Waals surface area contributed by atoms with Crippen LogP contribution < -0.4 is 5.32 Å². The van der Waals surface area contributed by atoms with Crippen LogP contribution in [-0.2, 0) is 4.74 Å². The van der Waals surface area contributed by atoms with Gasteiger partial charge in [-0.3, -0.25) is 0 Å². The van der Waals surface area contributed by atoms with Gasteiger partial charge >= 0.3 is 6.09 Å². The summed E-state index contributed by atoms with van der Waals surface area (Å²) in [6, 6.07) is 1.51. The lowest BCUT2D eigenvalue weighted by molar-refractivity contribution is 0.0138. The van der Waals surface area contributed by atoms with Gasteiger partial charge < -0.3 is 15.0 Å². The van der Waals surface area contributed by atoms with Crippen molar-refractivity contribution in [3.8, 4) is 0 Å². The van der Waals surface area contributed by atoms with E-state index >= 15 is 0 Å². The van der Waals surface area contributed by atoms with Crippen LogP contribution in [0.5, 0.6) is 0 Å². The van der Waals surface area contributed by atoms with E-state index in [1.165, 1.54) is 19.3 Å². The van der Waals surface area contributed by atoms with Crippen molar-refractivity contribution in [3.05, 3.63) is 0 Å². The summed E-state index contributed by atoms with van der Waals surface area (Å²) in [7, 11) is 1.87. The summed E-state index contributed by atoms with van der Waals surface area (Å²) >= 11 is 0. The van der Waals surface area contributed by atoms with Gasteiger partial charge in [-0.25, -0.2) is 4.79 Å². The quantitative estimate of drug-likeness (QED) is 0.782. The van der Waals surface area contributed by atoms with Gasteiger partial charge in [0.25, 0.3) is 0 Å². The monoisotopic (exact) mass is 254 g/mol. The summed E-state index contributed by atoms with van der Waals surface area (Å²) in [5.41, 5.74) is -0.409. The Hall–Kier alpha value is -0.770. The molecule has 1 amide bonds. The number of hydrogen-bond acceptors (Lipinski definition) is 3. The fourth-order valence-electron chi connectivity index (χ4n) is 3.03. The Kier molecular flexibility index (Phi) is 3.85. The molecule has 2 atom stereocenters. The fourth-order valence-corrected chi connectivity index (χ4v) is 3.03. The lowest BCUT2D eigenvalue weighted by atomic mass is 9.83. The second kappa shape index (κ2) is 5.08. The fraction of sp³-hybridized carbons (Fsp3) is 0.929. The maximum atomic E-state index is 12.1. The minimum absolute atomic E-state index is 0.188. The molecule has 2 heterocycles. The first-order chi connectivity index (χ1) is 8.35. The molecule has 0 aromatic carbocycles. The molecule has 0 saturated carbocycles. The zero-order chi connectivity index (χ0) is 13.3. The predicted octanol–water partition coefficient (Wildman–Crippen LogP) is 2.53. The smallest absolute Gasteiger partial charge is 0.410 e. The third-order valence-corrected chi connectivity index (χ3v) is 3.92. The van der Waals surface area contributed by atoms with E-state index in [2.05, 4.69) is 5.32 Å². The minimum Gasteiger partial charge on any atom is -0.444 e. The van der Waals surface area contributed by atoms with Crippen LogP contribution in [-0.4, -0.2) is 41.8 Å². The van der Waals surface area contributed by atoms with Crippen LogP contribution >= 0.6 is 0 Å². The largest absolute Gasteiger partial charge is 0.444 e. The molecule has 104 valence electrons. The first-order valence-corrected chi connectivity index (χ1v) is 7.07. The van der Waals surface area contributed by atoms with Gasteiger partial charge in [-0.2, -0.15) is 0 Å². The molecular weight excluding hydrogens is 228 g/mol. The molecule has 2 aliphatic heterocycles. The molecule has 0 radical (unpaired) electrons. The Morgan fingerprint density at radius 1 is 1.22 bits per heavy atom. The van der Waals surface area contributed by atoms with Gasteiger partial charge in [0.15, 0.2) is 0 Å². The maximum Gasteiger partial charge on any atom is 0.410 e. The lowest BCUT2D eigenvalue weighted by Gasteiger charge is -2.43. The summed E-state index contributed by atoms with van der Waals surface area (Å²) in [6.45, 7) is 5.74. The van der Waals surface area contributed by atoms with Crippen LogP contribution in [0.1, 0.15) is 52.9 Å². The topological polar surface area (TPSA) is 41.6 Å². The minimum atomic E-state index is -0.409. The van der Waals surface area contributed by atoms with Crippen molar-refractivity contribution in [2.45, 2.75) is 76.6 Å². The second-order valence-corrected chi connectivity index (χ2v) is 6.71. The number of nitrogens with zero attached hydrogens (tertiary/aromatic N) is 1. The first-order valence-electron chi connectivity index (χ1n) is 7.07. The molecule has 4 heteroatoms. The second-order valence-electron chi connectivity index (χ2n) is 6.71. The average molecular weight is 254 g/mol. The van der Waals surface area contributed by atoms with Crippen LogP contribution in [0.25, 0.3) is 0 Å². The molecular formula is C14H26N2O2. The molecule has 0 aliphatic carbocycles. The van der Waals surface area contributed by atoms with E-state index in [4.69, 9.17) is 4.74 Å². The van der Waals surface area contributed by atoms with E-state index in [0.29, 0.717) is 18.1 Å². The van der Waals surface area contributed by atoms with Crippen LogP contribution in [0.3, 0.4) is 0 Å². The Morgan fingerprint density at radius 2 is 1.78 bits per heavy atom. The summed E-state index contributed by atoms with van der Waals surface area (Å²) in [6.07, 6.45) is 5.75. The van der Waals surface area contributed by atoms with Gasteiger partial charge in [0.05, 0.1) is 0 Å². The number of nitrogens with one attached hydrogen (secondary N) is 1. The molecule has 2 saturated heterocycles. The van der Waals surface area contributed by atoms with E-state index < -0.39 is 5.60 Å². The van der Waals surface area contributed by atoms with Gasteiger partial charge in [0, 0.05) is 25.2 Å². The number of rotatable bonds is 1. The van der Waals surface area contributed by atoms with E-state index in [0.717, 1.165) is 12.8 Å². The summed E-state index contributed by atoms with van der Waals surface area (Å²) in [5.74, 6) is 0. The van der Waals surface area contributed by atoms with Crippen LogP contribution in [0.4, 0.5) is 4.79 Å². The van der Waals surface area contributed by atoms with Gasteiger partial charge in [-0.05, 0) is 46.5 Å². The summed E-state index contributed by atoms with van der Waals surface area (Å²) in [4.78, 5) is 13.9. The normalized spacial score (nSPS) is 31.9. The predicted molar refractivity (Wildman–Crippen MR) is 71.6 cm³/mol. The van der Waals surface area contributed by atoms with Crippen LogP contribution in [0.15, 0.2) is 0 Å². The molecule has 2 rings (SSSR count). The van der Waals surface area contributed by atoms with Gasteiger partial charge in [-0.15, -0.1) is 0 Å². The number of ether oxygens (including phenoxy) is 1. The number of amides is 1. The Bertz CT molecular complexity index is 299. The highest BCUT2D eigenvalue weighted by Crippen LogP contribution is 2.28. The average Bonchev–Trinajstić information content (AvgIpc) is 2.25. The molecule has 2 fully saturated rings. The third-order valence-electron chi connectivity index (χ3n) is 3.92. The number of carbonyl (C=O) groups is 1. The van der Waals surface area contributed by atoms with Gasteiger partial charge in [-0.1, -0.05) is 6.42 Å². The number of piperidine rings is 2. The summed E-state index contributed by atoms with van der Waals surface area (Å²) in [5, 5.41) is 3.65. The van der Waals surface area contributed by atoms with Crippen LogP contribution in [0.2, 0.25) is 0 Å². The third kappa shape index (κ3) is 3.37. The molecule has 1 N–H and O–H groups in total. The van der Waals surface area contributed by atoms with Crippen LogP contribution in [0, 0.1) is 0 Å². The first kappa shape index (κ1) is 13.7. The Morgan fingerprint density at radius 3 is 2.28 bits per heavy atom. The molecule has 2 bridgehead atoms. The molecule has 4 nitrogen and oxygen atoms in total. The van der Waals surface area contributed by atoms with Crippen molar-refractivity contribution in [3.63, 3.8) is 0 Å². The number of carbonyl (C=O) groups excluding carboxylic acids is 1.